The van der Waals surface area contributed by atoms with Crippen molar-refractivity contribution in [1.29, 1.82) is 0 Å². The van der Waals surface area contributed by atoms with E-state index >= 15 is 0 Å². The number of rotatable bonds is 3. The molecule has 1 aliphatic rings. The fourth-order valence-corrected chi connectivity index (χ4v) is 5.01. The second kappa shape index (κ2) is 6.59. The largest absolute Gasteiger partial charge is 0.388 e. The van der Waals surface area contributed by atoms with Gasteiger partial charge >= 0.3 is 0 Å². The van der Waals surface area contributed by atoms with Gasteiger partial charge in [0.25, 0.3) is 0 Å². The van der Waals surface area contributed by atoms with Crippen molar-refractivity contribution < 1.29 is 5.11 Å². The molecular formula is C17H21BrOS. The van der Waals surface area contributed by atoms with Crippen molar-refractivity contribution in [1.82, 2.24) is 0 Å². The van der Waals surface area contributed by atoms with Crippen molar-refractivity contribution in [2.24, 2.45) is 5.92 Å². The molecule has 1 saturated carbocycles. The van der Waals surface area contributed by atoms with E-state index in [-0.39, 0.29) is 6.10 Å². The maximum Gasteiger partial charge on any atom is 0.0806 e. The van der Waals surface area contributed by atoms with Crippen LogP contribution in [0.25, 0.3) is 10.1 Å². The Kier molecular flexibility index (Phi) is 4.79. The molecule has 1 aromatic carbocycles. The Morgan fingerprint density at radius 2 is 1.95 bits per heavy atom. The number of halogens is 1. The highest BCUT2D eigenvalue weighted by atomic mass is 79.9. The van der Waals surface area contributed by atoms with Crippen molar-refractivity contribution in [3.8, 4) is 0 Å². The molecule has 1 heterocycles. The topological polar surface area (TPSA) is 20.2 Å². The summed E-state index contributed by atoms with van der Waals surface area (Å²) in [6.07, 6.45) is 8.65. The quantitative estimate of drug-likeness (QED) is 0.665. The molecule has 1 nitrogen and oxygen atoms in total. The standard InChI is InChI=1S/C17H21BrOS/c18-15-9-5-8-13-14(11-20-17(13)15)16(19)10-12-6-3-1-2-4-7-12/h5,8-9,11-12,16,19H,1-4,6-7,10H2. The highest BCUT2D eigenvalue weighted by Crippen LogP contribution is 2.38. The molecule has 2 aromatic rings. The molecule has 1 fully saturated rings. The van der Waals surface area contributed by atoms with Crippen molar-refractivity contribution in [3.63, 3.8) is 0 Å². The zero-order valence-corrected chi connectivity index (χ0v) is 14.0. The van der Waals surface area contributed by atoms with Crippen molar-refractivity contribution in [3.05, 3.63) is 33.6 Å². The maximum absolute atomic E-state index is 10.6. The lowest BCUT2D eigenvalue weighted by Crippen LogP contribution is -2.06. The molecule has 0 saturated heterocycles. The summed E-state index contributed by atoms with van der Waals surface area (Å²) >= 11 is 5.33. The van der Waals surface area contributed by atoms with Gasteiger partial charge < -0.3 is 5.11 Å². The fraction of sp³-hybridized carbons (Fsp3) is 0.529. The SMILES string of the molecule is OC(CC1CCCCCC1)c1csc2c(Br)cccc12. The number of benzene rings is 1. The van der Waals surface area contributed by atoms with E-state index in [1.165, 1.54) is 48.6 Å². The zero-order valence-electron chi connectivity index (χ0n) is 11.6. The third-order valence-electron chi connectivity index (χ3n) is 4.47. The smallest absolute Gasteiger partial charge is 0.0806 e. The molecule has 0 bridgehead atoms. The van der Waals surface area contributed by atoms with Gasteiger partial charge in [-0.2, -0.15) is 0 Å². The molecule has 0 amide bonds. The summed E-state index contributed by atoms with van der Waals surface area (Å²) < 4.78 is 2.38. The van der Waals surface area contributed by atoms with Gasteiger partial charge in [-0.15, -0.1) is 11.3 Å². The predicted octanol–water partition coefficient (Wildman–Crippen LogP) is 6.06. The predicted molar refractivity (Wildman–Crippen MR) is 90.3 cm³/mol. The van der Waals surface area contributed by atoms with Gasteiger partial charge in [-0.1, -0.05) is 50.7 Å². The van der Waals surface area contributed by atoms with Crippen LogP contribution in [0.1, 0.15) is 56.6 Å². The maximum atomic E-state index is 10.6. The summed E-state index contributed by atoms with van der Waals surface area (Å²) in [5.74, 6) is 0.703. The Bertz CT molecular complexity index is 569. The van der Waals surface area contributed by atoms with Crippen molar-refractivity contribution >= 4 is 37.4 Å². The van der Waals surface area contributed by atoms with Crippen LogP contribution in [0.15, 0.2) is 28.1 Å². The van der Waals surface area contributed by atoms with Crippen LogP contribution in [-0.2, 0) is 0 Å². The molecule has 0 radical (unpaired) electrons. The number of fused-ring (bicyclic) bond motifs is 1. The minimum atomic E-state index is -0.304. The van der Waals surface area contributed by atoms with Crippen LogP contribution in [0, 0.1) is 5.92 Å². The first-order valence-electron chi connectivity index (χ1n) is 7.59. The van der Waals surface area contributed by atoms with Crippen LogP contribution in [0.5, 0.6) is 0 Å². The highest BCUT2D eigenvalue weighted by Gasteiger charge is 2.20. The summed E-state index contributed by atoms with van der Waals surface area (Å²) in [7, 11) is 0. The Labute approximate surface area is 133 Å². The van der Waals surface area contributed by atoms with Crippen LogP contribution in [-0.4, -0.2) is 5.11 Å². The number of aliphatic hydroxyl groups is 1. The zero-order chi connectivity index (χ0) is 13.9. The van der Waals surface area contributed by atoms with Gasteiger partial charge in [0.1, 0.15) is 0 Å². The molecule has 0 spiro atoms. The van der Waals surface area contributed by atoms with Gasteiger partial charge in [-0.25, -0.2) is 0 Å². The number of hydrogen-bond donors (Lipinski definition) is 1. The van der Waals surface area contributed by atoms with E-state index in [2.05, 4.69) is 39.5 Å². The monoisotopic (exact) mass is 352 g/mol. The average Bonchev–Trinajstić information content (AvgIpc) is 2.72. The number of aliphatic hydroxyl groups excluding tert-OH is 1. The van der Waals surface area contributed by atoms with E-state index in [0.717, 1.165) is 16.5 Å². The molecule has 20 heavy (non-hydrogen) atoms. The molecule has 1 aromatic heterocycles. The summed E-state index contributed by atoms with van der Waals surface area (Å²) in [6.45, 7) is 0. The van der Waals surface area contributed by atoms with Crippen molar-refractivity contribution in [2.45, 2.75) is 51.0 Å². The summed E-state index contributed by atoms with van der Waals surface area (Å²) in [5, 5.41) is 14.0. The summed E-state index contributed by atoms with van der Waals surface area (Å²) in [4.78, 5) is 0. The van der Waals surface area contributed by atoms with Gasteiger partial charge in [-0.3, -0.25) is 0 Å². The van der Waals surface area contributed by atoms with Crippen LogP contribution >= 0.6 is 27.3 Å². The van der Waals surface area contributed by atoms with E-state index in [9.17, 15) is 5.11 Å². The highest BCUT2D eigenvalue weighted by molar-refractivity contribution is 9.10. The van der Waals surface area contributed by atoms with Gasteiger partial charge in [-0.05, 0) is 50.7 Å². The second-order valence-electron chi connectivity index (χ2n) is 5.92. The number of thiophene rings is 1. The third-order valence-corrected chi connectivity index (χ3v) is 6.44. The second-order valence-corrected chi connectivity index (χ2v) is 7.65. The molecule has 1 unspecified atom stereocenters. The van der Waals surface area contributed by atoms with E-state index < -0.39 is 0 Å². The Hall–Kier alpha value is -0.380. The minimum absolute atomic E-state index is 0.304. The lowest BCUT2D eigenvalue weighted by molar-refractivity contribution is 0.141. The van der Waals surface area contributed by atoms with Crippen LogP contribution in [0.2, 0.25) is 0 Å². The van der Waals surface area contributed by atoms with E-state index in [1.54, 1.807) is 11.3 Å². The first-order chi connectivity index (χ1) is 9.75. The molecular weight excluding hydrogens is 332 g/mol. The molecule has 1 N–H and O–H groups in total. The molecule has 3 rings (SSSR count). The Morgan fingerprint density at radius 1 is 1.20 bits per heavy atom. The van der Waals surface area contributed by atoms with Crippen LogP contribution in [0.3, 0.4) is 0 Å². The van der Waals surface area contributed by atoms with Gasteiger partial charge in [0.05, 0.1) is 6.10 Å². The molecule has 1 aliphatic carbocycles. The van der Waals surface area contributed by atoms with Gasteiger partial charge in [0.15, 0.2) is 0 Å². The van der Waals surface area contributed by atoms with Gasteiger partial charge in [0, 0.05) is 9.17 Å². The lowest BCUT2D eigenvalue weighted by atomic mass is 9.91. The fourth-order valence-electron chi connectivity index (χ4n) is 3.34. The molecule has 1 atom stereocenters. The lowest BCUT2D eigenvalue weighted by Gasteiger charge is -2.18. The first kappa shape index (κ1) is 14.6. The normalized spacial score (nSPS) is 19.1. The summed E-state index contributed by atoms with van der Waals surface area (Å²) in [5.41, 5.74) is 1.12. The Balaban J connectivity index is 1.78. The Morgan fingerprint density at radius 3 is 2.70 bits per heavy atom. The van der Waals surface area contributed by atoms with E-state index in [0.29, 0.717) is 5.92 Å². The summed E-state index contributed by atoms with van der Waals surface area (Å²) in [6, 6.07) is 6.25. The van der Waals surface area contributed by atoms with Crippen molar-refractivity contribution in [2.75, 3.05) is 0 Å². The van der Waals surface area contributed by atoms with Crippen LogP contribution in [0.4, 0.5) is 0 Å². The third kappa shape index (κ3) is 3.10. The first-order valence-corrected chi connectivity index (χ1v) is 9.26. The minimum Gasteiger partial charge on any atom is -0.388 e. The molecule has 108 valence electrons. The average molecular weight is 353 g/mol. The molecule has 0 aliphatic heterocycles. The van der Waals surface area contributed by atoms with Crippen LogP contribution < -0.4 is 0 Å². The number of hydrogen-bond acceptors (Lipinski definition) is 2. The molecule has 3 heteroatoms. The van der Waals surface area contributed by atoms with E-state index in [4.69, 9.17) is 0 Å². The van der Waals surface area contributed by atoms with Gasteiger partial charge in [0.2, 0.25) is 0 Å². The van der Waals surface area contributed by atoms with E-state index in [1.807, 2.05) is 0 Å².